The van der Waals surface area contributed by atoms with Crippen LogP contribution in [0, 0.1) is 5.92 Å². The first kappa shape index (κ1) is 14.4. The molecule has 0 spiro atoms. The van der Waals surface area contributed by atoms with E-state index < -0.39 is 5.97 Å². The number of nitrogens with one attached hydrogen (secondary N) is 1. The van der Waals surface area contributed by atoms with E-state index in [1.54, 1.807) is 0 Å². The molecule has 2 N–H and O–H groups in total. The van der Waals surface area contributed by atoms with E-state index in [0.29, 0.717) is 12.5 Å². The molecule has 1 aliphatic rings. The van der Waals surface area contributed by atoms with Gasteiger partial charge < -0.3 is 15.3 Å². The van der Waals surface area contributed by atoms with E-state index >= 15 is 0 Å². The van der Waals surface area contributed by atoms with E-state index in [4.69, 9.17) is 5.11 Å². The van der Waals surface area contributed by atoms with Gasteiger partial charge in [0.1, 0.15) is 6.54 Å². The minimum absolute atomic E-state index is 0.253. The van der Waals surface area contributed by atoms with Crippen molar-refractivity contribution in [1.29, 1.82) is 0 Å². The monoisotopic (exact) mass is 276 g/mol. The number of hydrogen-bond acceptors (Lipinski definition) is 2. The zero-order valence-electron chi connectivity index (χ0n) is 11.6. The van der Waals surface area contributed by atoms with Crippen molar-refractivity contribution in [1.82, 2.24) is 4.90 Å². The van der Waals surface area contributed by atoms with Crippen LogP contribution in [-0.4, -0.2) is 35.1 Å². The van der Waals surface area contributed by atoms with Gasteiger partial charge in [0.15, 0.2) is 0 Å². The number of aliphatic carboxylic acids is 1. The first-order valence-corrected chi connectivity index (χ1v) is 6.95. The second-order valence-electron chi connectivity index (χ2n) is 5.16. The molecule has 0 atom stereocenters. The summed E-state index contributed by atoms with van der Waals surface area (Å²) in [5.41, 5.74) is 1.80. The molecular formula is C15H20N2O3. The SMILES string of the molecule is CCc1ccccc1NC(=O)N(CC(=O)O)CC1CC1. The van der Waals surface area contributed by atoms with Crippen molar-refractivity contribution in [3.63, 3.8) is 0 Å². The number of amides is 2. The number of urea groups is 1. The summed E-state index contributed by atoms with van der Waals surface area (Å²) in [6.45, 7) is 2.28. The smallest absolute Gasteiger partial charge is 0.323 e. The lowest BCUT2D eigenvalue weighted by Gasteiger charge is -2.21. The quantitative estimate of drug-likeness (QED) is 0.839. The van der Waals surface area contributed by atoms with Gasteiger partial charge in [-0.1, -0.05) is 25.1 Å². The van der Waals surface area contributed by atoms with Gasteiger partial charge in [0.2, 0.25) is 0 Å². The molecule has 0 aromatic heterocycles. The maximum absolute atomic E-state index is 12.2. The number of hydrogen-bond donors (Lipinski definition) is 2. The van der Waals surface area contributed by atoms with Crippen LogP contribution in [0.25, 0.3) is 0 Å². The lowest BCUT2D eigenvalue weighted by Crippen LogP contribution is -2.40. The number of carbonyl (C=O) groups excluding carboxylic acids is 1. The number of nitrogens with zero attached hydrogens (tertiary/aromatic N) is 1. The van der Waals surface area contributed by atoms with Crippen LogP contribution in [0.1, 0.15) is 25.3 Å². The van der Waals surface area contributed by atoms with E-state index in [9.17, 15) is 9.59 Å². The second-order valence-corrected chi connectivity index (χ2v) is 5.16. The van der Waals surface area contributed by atoms with Crippen LogP contribution in [0.2, 0.25) is 0 Å². The standard InChI is InChI=1S/C15H20N2O3/c1-2-12-5-3-4-6-13(12)16-15(20)17(10-14(18)19)9-11-7-8-11/h3-6,11H,2,7-10H2,1H3,(H,16,20)(H,18,19). The van der Waals surface area contributed by atoms with Gasteiger partial charge in [0.05, 0.1) is 0 Å². The van der Waals surface area contributed by atoms with Crippen LogP contribution in [-0.2, 0) is 11.2 Å². The third kappa shape index (κ3) is 3.98. The van der Waals surface area contributed by atoms with Crippen LogP contribution in [0.3, 0.4) is 0 Å². The number of rotatable bonds is 6. The van der Waals surface area contributed by atoms with Gasteiger partial charge >= 0.3 is 12.0 Å². The predicted molar refractivity (Wildman–Crippen MR) is 76.8 cm³/mol. The van der Waals surface area contributed by atoms with Crippen molar-refractivity contribution < 1.29 is 14.7 Å². The molecule has 5 nitrogen and oxygen atoms in total. The van der Waals surface area contributed by atoms with Gasteiger partial charge in [-0.15, -0.1) is 0 Å². The largest absolute Gasteiger partial charge is 0.480 e. The maximum Gasteiger partial charge on any atom is 0.323 e. The number of carbonyl (C=O) groups is 2. The summed E-state index contributed by atoms with van der Waals surface area (Å²) in [5.74, 6) is -0.522. The number of anilines is 1. The number of carboxylic acid groups (broad SMARTS) is 1. The number of carboxylic acids is 1. The third-order valence-electron chi connectivity index (χ3n) is 3.43. The van der Waals surface area contributed by atoms with Gasteiger partial charge in [0.25, 0.3) is 0 Å². The number of aryl methyl sites for hydroxylation is 1. The summed E-state index contributed by atoms with van der Waals surface area (Å²) in [4.78, 5) is 24.5. The fourth-order valence-electron chi connectivity index (χ4n) is 2.14. The zero-order valence-corrected chi connectivity index (χ0v) is 11.6. The number of benzene rings is 1. The molecule has 1 saturated carbocycles. The van der Waals surface area contributed by atoms with E-state index in [1.165, 1.54) is 4.90 Å². The lowest BCUT2D eigenvalue weighted by molar-refractivity contribution is -0.137. The minimum Gasteiger partial charge on any atom is -0.480 e. The van der Waals surface area contributed by atoms with E-state index in [2.05, 4.69) is 5.32 Å². The minimum atomic E-state index is -0.982. The molecule has 1 aromatic carbocycles. The van der Waals surface area contributed by atoms with E-state index in [-0.39, 0.29) is 12.6 Å². The third-order valence-corrected chi connectivity index (χ3v) is 3.43. The average molecular weight is 276 g/mol. The topological polar surface area (TPSA) is 69.6 Å². The van der Waals surface area contributed by atoms with Crippen molar-refractivity contribution in [2.45, 2.75) is 26.2 Å². The van der Waals surface area contributed by atoms with Crippen molar-refractivity contribution >= 4 is 17.7 Å². The van der Waals surface area contributed by atoms with Crippen LogP contribution >= 0.6 is 0 Å². The molecule has 1 aromatic rings. The van der Waals surface area contributed by atoms with Crippen LogP contribution in [0.5, 0.6) is 0 Å². The summed E-state index contributed by atoms with van der Waals surface area (Å²) in [6, 6.07) is 7.25. The Bertz CT molecular complexity index is 498. The maximum atomic E-state index is 12.2. The molecule has 20 heavy (non-hydrogen) atoms. The molecule has 0 radical (unpaired) electrons. The normalized spacial score (nSPS) is 13.8. The van der Waals surface area contributed by atoms with Gasteiger partial charge in [-0.25, -0.2) is 4.79 Å². The molecule has 2 rings (SSSR count). The van der Waals surface area contributed by atoms with Crippen LogP contribution in [0.15, 0.2) is 24.3 Å². The summed E-state index contributed by atoms with van der Waals surface area (Å²) in [6.07, 6.45) is 2.97. The molecule has 0 bridgehead atoms. The fraction of sp³-hybridized carbons (Fsp3) is 0.467. The highest BCUT2D eigenvalue weighted by Gasteiger charge is 2.28. The molecule has 5 heteroatoms. The fourth-order valence-corrected chi connectivity index (χ4v) is 2.14. The molecule has 0 unspecified atom stereocenters. The van der Waals surface area contributed by atoms with Crippen molar-refractivity contribution in [3.05, 3.63) is 29.8 Å². The Kier molecular flexibility index (Phi) is 4.61. The lowest BCUT2D eigenvalue weighted by atomic mass is 10.1. The first-order valence-electron chi connectivity index (χ1n) is 6.95. The Hall–Kier alpha value is -2.04. The predicted octanol–water partition coefficient (Wildman–Crippen LogP) is 2.58. The van der Waals surface area contributed by atoms with E-state index in [1.807, 2.05) is 31.2 Å². The summed E-state index contributed by atoms with van der Waals surface area (Å²) in [5, 5.41) is 11.7. The van der Waals surface area contributed by atoms with Gasteiger partial charge in [-0.2, -0.15) is 0 Å². The highest BCUT2D eigenvalue weighted by molar-refractivity contribution is 5.92. The summed E-state index contributed by atoms with van der Waals surface area (Å²) >= 11 is 0. The van der Waals surface area contributed by atoms with Crippen molar-refractivity contribution in [2.24, 2.45) is 5.92 Å². The van der Waals surface area contributed by atoms with Gasteiger partial charge in [-0.3, -0.25) is 4.79 Å². The van der Waals surface area contributed by atoms with E-state index in [0.717, 1.165) is 30.5 Å². The number of para-hydroxylation sites is 1. The van der Waals surface area contributed by atoms with Crippen molar-refractivity contribution in [2.75, 3.05) is 18.4 Å². The molecular weight excluding hydrogens is 256 g/mol. The molecule has 0 aliphatic heterocycles. The Labute approximate surface area is 118 Å². The average Bonchev–Trinajstić information content (AvgIpc) is 3.22. The highest BCUT2D eigenvalue weighted by atomic mass is 16.4. The molecule has 2 amide bonds. The first-order chi connectivity index (χ1) is 9.60. The molecule has 1 aliphatic carbocycles. The summed E-state index contributed by atoms with van der Waals surface area (Å²) in [7, 11) is 0. The molecule has 108 valence electrons. The highest BCUT2D eigenvalue weighted by Crippen LogP contribution is 2.30. The Morgan fingerprint density at radius 3 is 2.65 bits per heavy atom. The molecule has 0 saturated heterocycles. The Balaban J connectivity index is 2.04. The molecule has 1 fully saturated rings. The van der Waals surface area contributed by atoms with Gasteiger partial charge in [-0.05, 0) is 36.8 Å². The van der Waals surface area contributed by atoms with Gasteiger partial charge in [0, 0.05) is 12.2 Å². The van der Waals surface area contributed by atoms with Crippen molar-refractivity contribution in [3.8, 4) is 0 Å². The zero-order chi connectivity index (χ0) is 14.5. The van der Waals surface area contributed by atoms with Crippen LogP contribution < -0.4 is 5.32 Å². The summed E-state index contributed by atoms with van der Waals surface area (Å²) < 4.78 is 0. The Morgan fingerprint density at radius 1 is 1.35 bits per heavy atom. The second kappa shape index (κ2) is 6.41. The molecule has 0 heterocycles. The van der Waals surface area contributed by atoms with Crippen LogP contribution in [0.4, 0.5) is 10.5 Å². The Morgan fingerprint density at radius 2 is 2.05 bits per heavy atom.